The SMILES string of the molecule is C[C@@H](O)c1ccc(N2CCc3sccc3C2)c(Cl)c1. The molecule has 19 heavy (non-hydrogen) atoms. The predicted octanol–water partition coefficient (Wildman–Crippen LogP) is 4.02. The standard InChI is InChI=1S/C15H16ClNOS/c1-10(18)11-2-3-14(13(16)8-11)17-6-4-15-12(9-17)5-7-19-15/h2-3,5,7-8,10,18H,4,6,9H2,1H3/t10-/m1/s1. The summed E-state index contributed by atoms with van der Waals surface area (Å²) in [5.41, 5.74) is 3.33. The topological polar surface area (TPSA) is 23.5 Å². The molecule has 1 aromatic heterocycles. The fourth-order valence-corrected chi connectivity index (χ4v) is 3.69. The van der Waals surface area contributed by atoms with Crippen LogP contribution in [0.5, 0.6) is 0 Å². The maximum atomic E-state index is 9.58. The first kappa shape index (κ1) is 13.0. The number of halogens is 1. The van der Waals surface area contributed by atoms with E-state index in [-0.39, 0.29) is 0 Å². The molecule has 1 aromatic carbocycles. The molecule has 3 rings (SSSR count). The molecule has 2 aromatic rings. The molecule has 0 radical (unpaired) electrons. The summed E-state index contributed by atoms with van der Waals surface area (Å²) in [5, 5.41) is 12.5. The third kappa shape index (κ3) is 2.50. The van der Waals surface area contributed by atoms with Gasteiger partial charge in [-0.15, -0.1) is 11.3 Å². The van der Waals surface area contributed by atoms with Crippen LogP contribution in [0.15, 0.2) is 29.6 Å². The summed E-state index contributed by atoms with van der Waals surface area (Å²) in [5.74, 6) is 0. The van der Waals surface area contributed by atoms with E-state index in [0.717, 1.165) is 35.8 Å². The minimum absolute atomic E-state index is 0.476. The number of benzene rings is 1. The van der Waals surface area contributed by atoms with Crippen molar-refractivity contribution in [3.8, 4) is 0 Å². The lowest BCUT2D eigenvalue weighted by atomic mass is 10.1. The molecule has 4 heteroatoms. The van der Waals surface area contributed by atoms with E-state index in [9.17, 15) is 5.11 Å². The molecule has 100 valence electrons. The molecule has 0 fully saturated rings. The molecular formula is C15H16ClNOS. The third-order valence-electron chi connectivity index (χ3n) is 3.60. The molecule has 1 aliphatic heterocycles. The van der Waals surface area contributed by atoms with Crippen molar-refractivity contribution >= 4 is 28.6 Å². The average Bonchev–Trinajstić information content (AvgIpc) is 2.85. The van der Waals surface area contributed by atoms with E-state index < -0.39 is 6.10 Å². The van der Waals surface area contributed by atoms with Crippen molar-refractivity contribution in [2.24, 2.45) is 0 Å². The smallest absolute Gasteiger partial charge is 0.0762 e. The highest BCUT2D eigenvalue weighted by Gasteiger charge is 2.19. The summed E-state index contributed by atoms with van der Waals surface area (Å²) in [6, 6.07) is 8.03. The highest BCUT2D eigenvalue weighted by atomic mass is 35.5. The number of rotatable bonds is 2. The third-order valence-corrected chi connectivity index (χ3v) is 4.93. The van der Waals surface area contributed by atoms with Crippen molar-refractivity contribution in [2.45, 2.75) is 26.0 Å². The minimum atomic E-state index is -0.476. The minimum Gasteiger partial charge on any atom is -0.389 e. The molecule has 1 aliphatic rings. The van der Waals surface area contributed by atoms with Gasteiger partial charge in [0.2, 0.25) is 0 Å². The normalized spacial score (nSPS) is 16.3. The summed E-state index contributed by atoms with van der Waals surface area (Å²) in [6.45, 7) is 3.68. The number of hydrogen-bond donors (Lipinski definition) is 1. The van der Waals surface area contributed by atoms with Crippen molar-refractivity contribution in [1.29, 1.82) is 0 Å². The average molecular weight is 294 g/mol. The highest BCUT2D eigenvalue weighted by molar-refractivity contribution is 7.10. The molecule has 0 bridgehead atoms. The van der Waals surface area contributed by atoms with Crippen molar-refractivity contribution in [2.75, 3.05) is 11.4 Å². The van der Waals surface area contributed by atoms with Gasteiger partial charge < -0.3 is 10.0 Å². The number of nitrogens with zero attached hydrogens (tertiary/aromatic N) is 1. The zero-order valence-electron chi connectivity index (χ0n) is 10.8. The van der Waals surface area contributed by atoms with Crippen LogP contribution in [0.3, 0.4) is 0 Å². The van der Waals surface area contributed by atoms with Gasteiger partial charge in [0.05, 0.1) is 16.8 Å². The number of fused-ring (bicyclic) bond motifs is 1. The van der Waals surface area contributed by atoms with E-state index in [4.69, 9.17) is 11.6 Å². The summed E-state index contributed by atoms with van der Waals surface area (Å²) in [4.78, 5) is 3.80. The van der Waals surface area contributed by atoms with Crippen LogP contribution in [0.4, 0.5) is 5.69 Å². The van der Waals surface area contributed by atoms with Gasteiger partial charge in [-0.05, 0) is 48.1 Å². The second-order valence-electron chi connectivity index (χ2n) is 4.93. The quantitative estimate of drug-likeness (QED) is 0.904. The molecule has 0 aliphatic carbocycles. The predicted molar refractivity (Wildman–Crippen MR) is 81.2 cm³/mol. The highest BCUT2D eigenvalue weighted by Crippen LogP contribution is 2.33. The second-order valence-corrected chi connectivity index (χ2v) is 6.34. The van der Waals surface area contributed by atoms with Gasteiger partial charge >= 0.3 is 0 Å². The Bertz CT molecular complexity index is 594. The van der Waals surface area contributed by atoms with Gasteiger partial charge in [-0.2, -0.15) is 0 Å². The number of hydrogen-bond acceptors (Lipinski definition) is 3. The van der Waals surface area contributed by atoms with Crippen molar-refractivity contribution in [3.05, 3.63) is 50.7 Å². The Labute approximate surface area is 122 Å². The van der Waals surface area contributed by atoms with Gasteiger partial charge in [0.1, 0.15) is 0 Å². The molecule has 0 amide bonds. The van der Waals surface area contributed by atoms with Gasteiger partial charge in [0, 0.05) is 18.0 Å². The first-order valence-electron chi connectivity index (χ1n) is 6.43. The lowest BCUT2D eigenvalue weighted by Gasteiger charge is -2.30. The molecule has 1 atom stereocenters. The van der Waals surface area contributed by atoms with E-state index in [0.29, 0.717) is 0 Å². The van der Waals surface area contributed by atoms with Crippen LogP contribution in [-0.4, -0.2) is 11.7 Å². The zero-order valence-corrected chi connectivity index (χ0v) is 12.3. The largest absolute Gasteiger partial charge is 0.389 e. The maximum Gasteiger partial charge on any atom is 0.0762 e. The van der Waals surface area contributed by atoms with Gasteiger partial charge in [0.15, 0.2) is 0 Å². The fourth-order valence-electron chi connectivity index (χ4n) is 2.49. The van der Waals surface area contributed by atoms with Crippen molar-refractivity contribution < 1.29 is 5.11 Å². The van der Waals surface area contributed by atoms with Crippen molar-refractivity contribution in [3.63, 3.8) is 0 Å². The van der Waals surface area contributed by atoms with Crippen LogP contribution in [0.2, 0.25) is 5.02 Å². The summed E-state index contributed by atoms with van der Waals surface area (Å²) < 4.78 is 0. The maximum absolute atomic E-state index is 9.58. The van der Waals surface area contributed by atoms with Crippen LogP contribution in [0.25, 0.3) is 0 Å². The molecule has 1 N–H and O–H groups in total. The summed E-state index contributed by atoms with van der Waals surface area (Å²) in [6.07, 6.45) is 0.609. The number of aliphatic hydroxyl groups excluding tert-OH is 1. The second kappa shape index (κ2) is 5.16. The first-order chi connectivity index (χ1) is 9.15. The fraction of sp³-hybridized carbons (Fsp3) is 0.333. The Morgan fingerprint density at radius 3 is 2.95 bits per heavy atom. The number of anilines is 1. The van der Waals surface area contributed by atoms with Crippen molar-refractivity contribution in [1.82, 2.24) is 0 Å². The van der Waals surface area contributed by atoms with Gasteiger partial charge in [-0.3, -0.25) is 0 Å². The van der Waals surface area contributed by atoms with E-state index in [1.165, 1.54) is 10.4 Å². The Morgan fingerprint density at radius 1 is 1.37 bits per heavy atom. The Morgan fingerprint density at radius 2 is 2.21 bits per heavy atom. The van der Waals surface area contributed by atoms with Crippen LogP contribution < -0.4 is 4.90 Å². The van der Waals surface area contributed by atoms with Gasteiger partial charge in [-0.1, -0.05) is 17.7 Å². The lowest BCUT2D eigenvalue weighted by molar-refractivity contribution is 0.199. The molecule has 0 saturated heterocycles. The van der Waals surface area contributed by atoms with E-state index in [2.05, 4.69) is 16.3 Å². The first-order valence-corrected chi connectivity index (χ1v) is 7.68. The van der Waals surface area contributed by atoms with Crippen LogP contribution in [-0.2, 0) is 13.0 Å². The van der Waals surface area contributed by atoms with Gasteiger partial charge in [0.25, 0.3) is 0 Å². The number of thiophene rings is 1. The van der Waals surface area contributed by atoms with Gasteiger partial charge in [-0.25, -0.2) is 0 Å². The lowest BCUT2D eigenvalue weighted by Crippen LogP contribution is -2.29. The van der Waals surface area contributed by atoms with Crippen LogP contribution >= 0.6 is 22.9 Å². The van der Waals surface area contributed by atoms with E-state index in [1.54, 1.807) is 6.92 Å². The summed E-state index contributed by atoms with van der Waals surface area (Å²) >= 11 is 8.20. The molecule has 2 heterocycles. The molecule has 0 saturated carbocycles. The van der Waals surface area contributed by atoms with Crippen LogP contribution in [0, 0.1) is 0 Å². The van der Waals surface area contributed by atoms with E-state index >= 15 is 0 Å². The Kier molecular flexibility index (Phi) is 3.52. The molecule has 0 unspecified atom stereocenters. The molecule has 0 spiro atoms. The monoisotopic (exact) mass is 293 g/mol. The molecule has 2 nitrogen and oxygen atoms in total. The Hall–Kier alpha value is -1.03. The molecular weight excluding hydrogens is 278 g/mol. The van der Waals surface area contributed by atoms with E-state index in [1.807, 2.05) is 29.5 Å². The van der Waals surface area contributed by atoms with Crippen LogP contribution in [0.1, 0.15) is 29.0 Å². The summed E-state index contributed by atoms with van der Waals surface area (Å²) in [7, 11) is 0. The Balaban J connectivity index is 1.88. The zero-order chi connectivity index (χ0) is 13.4. The number of aliphatic hydroxyl groups is 1.